The number of ether oxygens (including phenoxy) is 2. The molecule has 1 N–H and O–H groups in total. The first kappa shape index (κ1) is 23.8. The molecule has 8 heteroatoms. The Morgan fingerprint density at radius 1 is 0.879 bits per heavy atom. The van der Waals surface area contributed by atoms with Gasteiger partial charge in [0.2, 0.25) is 17.1 Å². The van der Waals surface area contributed by atoms with Gasteiger partial charge in [0.25, 0.3) is 0 Å². The normalized spacial score (nSPS) is 33.7. The smallest absolute Gasteiger partial charge is 0.217 e. The Hall–Kier alpha value is -2.30. The van der Waals surface area contributed by atoms with Crippen LogP contribution in [0.15, 0.2) is 18.2 Å². The summed E-state index contributed by atoms with van der Waals surface area (Å²) < 4.78 is 12.7. The number of hydrogen-bond acceptors (Lipinski definition) is 6. The molecule has 6 nitrogen and oxygen atoms in total. The van der Waals surface area contributed by atoms with Crippen molar-refractivity contribution in [2.24, 2.45) is 16.7 Å². The van der Waals surface area contributed by atoms with E-state index in [1.807, 2.05) is 0 Å². The van der Waals surface area contributed by atoms with Gasteiger partial charge in [-0.2, -0.15) is 15.8 Å². The van der Waals surface area contributed by atoms with E-state index in [2.05, 4.69) is 18.2 Å². The first-order valence-corrected chi connectivity index (χ1v) is 12.3. The highest BCUT2D eigenvalue weighted by molar-refractivity contribution is 6.36. The molecule has 1 aromatic carbocycles. The third-order valence-electron chi connectivity index (χ3n) is 7.58. The Kier molecular flexibility index (Phi) is 6.61. The van der Waals surface area contributed by atoms with Gasteiger partial charge in [0.05, 0.1) is 24.1 Å². The molecule has 4 unspecified atom stereocenters. The van der Waals surface area contributed by atoms with Crippen molar-refractivity contribution < 1.29 is 9.47 Å². The summed E-state index contributed by atoms with van der Waals surface area (Å²) in [5.41, 5.74) is -3.55. The van der Waals surface area contributed by atoms with Crippen LogP contribution in [0.1, 0.15) is 75.9 Å². The number of hydrogen-bond donors (Lipinski definition) is 1. The van der Waals surface area contributed by atoms with Gasteiger partial charge < -0.3 is 9.47 Å². The van der Waals surface area contributed by atoms with Crippen LogP contribution in [0.5, 0.6) is 0 Å². The van der Waals surface area contributed by atoms with E-state index in [0.29, 0.717) is 12.8 Å². The molecule has 4 rings (SSSR count). The molecule has 0 aromatic heterocycles. The quantitative estimate of drug-likeness (QED) is 0.468. The van der Waals surface area contributed by atoms with Gasteiger partial charge in [-0.05, 0) is 25.0 Å². The maximum atomic E-state index is 10.6. The van der Waals surface area contributed by atoms with Crippen molar-refractivity contribution in [3.8, 4) is 18.2 Å². The monoisotopic (exact) mass is 484 g/mol. The molecule has 2 bridgehead atoms. The van der Waals surface area contributed by atoms with E-state index in [-0.39, 0.29) is 21.5 Å². The van der Waals surface area contributed by atoms with Gasteiger partial charge in [-0.25, -0.2) is 0 Å². The average molecular weight is 485 g/mol. The molecule has 0 amide bonds. The van der Waals surface area contributed by atoms with Crippen LogP contribution in [-0.2, 0) is 9.47 Å². The Morgan fingerprint density at radius 2 is 1.45 bits per heavy atom. The number of nitriles is 3. The van der Waals surface area contributed by atoms with Crippen molar-refractivity contribution in [1.29, 1.82) is 21.2 Å². The summed E-state index contributed by atoms with van der Waals surface area (Å²) in [6, 6.07) is 11.3. The van der Waals surface area contributed by atoms with Crippen molar-refractivity contribution in [3.63, 3.8) is 0 Å². The number of halogens is 2. The van der Waals surface area contributed by atoms with E-state index in [4.69, 9.17) is 38.1 Å². The summed E-state index contributed by atoms with van der Waals surface area (Å²) in [5, 5.41) is 40.7. The highest BCUT2D eigenvalue weighted by Crippen LogP contribution is 2.69. The second kappa shape index (κ2) is 9.15. The van der Waals surface area contributed by atoms with Crippen molar-refractivity contribution in [1.82, 2.24) is 0 Å². The van der Waals surface area contributed by atoms with Crippen molar-refractivity contribution in [2.75, 3.05) is 0 Å². The number of nitrogens with zero attached hydrogens (tertiary/aromatic N) is 3. The Balaban J connectivity index is 1.94. The fraction of sp³-hybridized carbons (Fsp3) is 0.600. The lowest BCUT2D eigenvalue weighted by Gasteiger charge is -2.50. The minimum atomic E-state index is -2.05. The summed E-state index contributed by atoms with van der Waals surface area (Å²) >= 11 is 13.0. The zero-order valence-corrected chi connectivity index (χ0v) is 19.9. The second-order valence-electron chi connectivity index (χ2n) is 9.25. The topological polar surface area (TPSA) is 114 Å². The third-order valence-corrected chi connectivity index (χ3v) is 8.24. The molecule has 1 aliphatic carbocycles. The highest BCUT2D eigenvalue weighted by Gasteiger charge is 2.80. The first-order valence-electron chi connectivity index (χ1n) is 11.6. The summed E-state index contributed by atoms with van der Waals surface area (Å²) in [5.74, 6) is -2.26. The number of rotatable bonds is 1. The van der Waals surface area contributed by atoms with Crippen LogP contribution in [0.3, 0.4) is 0 Å². The molecule has 2 heterocycles. The summed E-state index contributed by atoms with van der Waals surface area (Å²) in [6.07, 6.45) is 7.87. The van der Waals surface area contributed by atoms with Crippen LogP contribution in [0.4, 0.5) is 0 Å². The summed E-state index contributed by atoms with van der Waals surface area (Å²) in [6.45, 7) is 0. The van der Waals surface area contributed by atoms with Gasteiger partial charge >= 0.3 is 0 Å². The predicted molar refractivity (Wildman–Crippen MR) is 123 cm³/mol. The van der Waals surface area contributed by atoms with E-state index in [9.17, 15) is 15.8 Å². The lowest BCUT2D eigenvalue weighted by Crippen LogP contribution is -2.59. The van der Waals surface area contributed by atoms with Gasteiger partial charge in [0.1, 0.15) is 6.10 Å². The first-order chi connectivity index (χ1) is 15.9. The standard InChI is InChI=1S/C25H26Cl2N4O2/c26-17-10-9-11-18(27)20(17)21-23(14-28,15-29)24(16-30)19-12-7-5-3-1-2-4-6-8-13-25(19,32-21)33-22(24)31/h9-11,19,21,31H,1-8,12-13H2. The molecule has 0 radical (unpaired) electrons. The lowest BCUT2D eigenvalue weighted by molar-refractivity contribution is -0.287. The van der Waals surface area contributed by atoms with E-state index in [0.717, 1.165) is 38.5 Å². The second-order valence-corrected chi connectivity index (χ2v) is 10.1. The largest absolute Gasteiger partial charge is 0.447 e. The molecule has 1 saturated carbocycles. The number of nitrogens with one attached hydrogen (secondary N) is 1. The van der Waals surface area contributed by atoms with Crippen LogP contribution in [0.2, 0.25) is 10.0 Å². The van der Waals surface area contributed by atoms with Crippen molar-refractivity contribution in [3.05, 3.63) is 33.8 Å². The van der Waals surface area contributed by atoms with Crippen LogP contribution >= 0.6 is 23.2 Å². The molecule has 2 aliphatic heterocycles. The minimum Gasteiger partial charge on any atom is -0.447 e. The molecule has 3 aliphatic rings. The highest BCUT2D eigenvalue weighted by atomic mass is 35.5. The predicted octanol–water partition coefficient (Wildman–Crippen LogP) is 6.84. The lowest BCUT2D eigenvalue weighted by atomic mass is 9.52. The molecule has 0 spiro atoms. The fourth-order valence-corrected chi connectivity index (χ4v) is 6.54. The van der Waals surface area contributed by atoms with Crippen molar-refractivity contribution >= 4 is 29.1 Å². The van der Waals surface area contributed by atoms with Gasteiger partial charge in [0, 0.05) is 22.0 Å². The van der Waals surface area contributed by atoms with Crippen LogP contribution in [0.25, 0.3) is 0 Å². The van der Waals surface area contributed by atoms with E-state index >= 15 is 0 Å². The molecule has 2 saturated heterocycles. The number of benzene rings is 1. The maximum absolute atomic E-state index is 10.6. The molecule has 1 aromatic rings. The summed E-state index contributed by atoms with van der Waals surface area (Å²) in [7, 11) is 0. The van der Waals surface area contributed by atoms with Crippen LogP contribution in [0, 0.1) is 56.2 Å². The van der Waals surface area contributed by atoms with Crippen LogP contribution in [-0.4, -0.2) is 11.7 Å². The molecule has 172 valence electrons. The van der Waals surface area contributed by atoms with Gasteiger partial charge in [0.15, 0.2) is 5.41 Å². The van der Waals surface area contributed by atoms with Crippen LogP contribution < -0.4 is 0 Å². The molecular weight excluding hydrogens is 459 g/mol. The Morgan fingerprint density at radius 3 is 2.03 bits per heavy atom. The Labute approximate surface area is 204 Å². The SMILES string of the molecule is N#CC1(C#N)C(c2c(Cl)cccc2Cl)OC23CCCCCCCCCCC2C1(C#N)C(=N)O3. The summed E-state index contributed by atoms with van der Waals surface area (Å²) in [4.78, 5) is 0. The van der Waals surface area contributed by atoms with Gasteiger partial charge in [-0.3, -0.25) is 5.41 Å². The van der Waals surface area contributed by atoms with Gasteiger partial charge in [-0.15, -0.1) is 0 Å². The molecule has 3 fully saturated rings. The Bertz CT molecular complexity index is 1040. The molecule has 4 atom stereocenters. The molecule has 33 heavy (non-hydrogen) atoms. The maximum Gasteiger partial charge on any atom is 0.217 e. The third kappa shape index (κ3) is 3.41. The zero-order chi connectivity index (χ0) is 23.7. The molecular formula is C25H26Cl2N4O2. The minimum absolute atomic E-state index is 0.240. The average Bonchev–Trinajstić information content (AvgIpc) is 2.97. The van der Waals surface area contributed by atoms with E-state index < -0.39 is 28.6 Å². The van der Waals surface area contributed by atoms with E-state index in [1.54, 1.807) is 18.2 Å². The van der Waals surface area contributed by atoms with Gasteiger partial charge in [-0.1, -0.05) is 74.2 Å². The zero-order valence-electron chi connectivity index (χ0n) is 18.4. The fourth-order valence-electron chi connectivity index (χ4n) is 5.94. The van der Waals surface area contributed by atoms with Crippen molar-refractivity contribution in [2.45, 2.75) is 76.1 Å². The van der Waals surface area contributed by atoms with E-state index in [1.165, 1.54) is 12.8 Å².